The number of benzene rings is 2. The second-order valence-corrected chi connectivity index (χ2v) is 5.38. The number of anilines is 1. The Morgan fingerprint density at radius 3 is 1.93 bits per heavy atom. The average Bonchev–Trinajstić information content (AvgIpc) is 2.65. The maximum Gasteiger partial charge on any atom is 0.240 e. The highest BCUT2D eigenvalue weighted by Crippen LogP contribution is 2.26. The van der Waals surface area contributed by atoms with E-state index in [9.17, 15) is 31.5 Å². The molecule has 0 aliphatic carbocycles. The van der Waals surface area contributed by atoms with Crippen LogP contribution in [0.15, 0.2) is 30.3 Å². The first-order valence-corrected chi connectivity index (χ1v) is 7.68. The highest BCUT2D eigenvalue weighted by Gasteiger charge is 2.25. The fourth-order valence-corrected chi connectivity index (χ4v) is 2.07. The maximum atomic E-state index is 13.4. The summed E-state index contributed by atoms with van der Waals surface area (Å²) in [4.78, 5) is 23.3. The van der Waals surface area contributed by atoms with Crippen LogP contribution >= 0.6 is 0 Å². The van der Waals surface area contributed by atoms with E-state index in [0.717, 1.165) is 5.56 Å². The molecule has 0 fully saturated rings. The van der Waals surface area contributed by atoms with E-state index < -0.39 is 40.7 Å². The Kier molecular flexibility index (Phi) is 6.69. The monoisotopic (exact) mass is 387 g/mol. The Morgan fingerprint density at radius 2 is 1.33 bits per heavy atom. The van der Waals surface area contributed by atoms with Crippen LogP contribution in [0, 0.1) is 29.1 Å². The molecular weight excluding hydrogens is 373 g/mol. The van der Waals surface area contributed by atoms with Gasteiger partial charge in [0.1, 0.15) is 5.69 Å². The van der Waals surface area contributed by atoms with Crippen LogP contribution in [-0.2, 0) is 16.0 Å². The van der Waals surface area contributed by atoms with Gasteiger partial charge in [0, 0.05) is 13.0 Å². The van der Waals surface area contributed by atoms with Gasteiger partial charge in [0.25, 0.3) is 0 Å². The van der Waals surface area contributed by atoms with E-state index in [4.69, 9.17) is 0 Å². The third-order valence-corrected chi connectivity index (χ3v) is 3.42. The third kappa shape index (κ3) is 5.16. The lowest BCUT2D eigenvalue weighted by molar-refractivity contribution is -0.121. The van der Waals surface area contributed by atoms with Crippen LogP contribution in [0.5, 0.6) is 0 Å². The molecular formula is C17H14F5N3O2. The summed E-state index contributed by atoms with van der Waals surface area (Å²) in [6.45, 7) is -0.0870. The molecule has 0 aliphatic rings. The second kappa shape index (κ2) is 8.97. The van der Waals surface area contributed by atoms with E-state index in [2.05, 4.69) is 5.32 Å². The molecule has 0 bridgehead atoms. The topological polar surface area (TPSA) is 70.2 Å². The summed E-state index contributed by atoms with van der Waals surface area (Å²) < 4.78 is 65.8. The number of carbonyl (C=O) groups excluding carboxylic acids is 2. The quantitative estimate of drug-likeness (QED) is 0.296. The van der Waals surface area contributed by atoms with Gasteiger partial charge in [-0.15, -0.1) is 0 Å². The zero-order valence-corrected chi connectivity index (χ0v) is 13.7. The van der Waals surface area contributed by atoms with E-state index >= 15 is 0 Å². The minimum Gasteiger partial charge on any atom is -0.355 e. The Balaban J connectivity index is 1.81. The van der Waals surface area contributed by atoms with Gasteiger partial charge < -0.3 is 5.32 Å². The van der Waals surface area contributed by atoms with Crippen LogP contribution in [0.2, 0.25) is 0 Å². The van der Waals surface area contributed by atoms with Crippen molar-refractivity contribution in [2.45, 2.75) is 12.8 Å². The van der Waals surface area contributed by atoms with Gasteiger partial charge in [0.05, 0.1) is 6.42 Å². The Hall–Kier alpha value is -3.17. The molecule has 2 aromatic rings. The summed E-state index contributed by atoms with van der Waals surface area (Å²) in [6.07, 6.45) is -0.186. The van der Waals surface area contributed by atoms with E-state index in [-0.39, 0.29) is 25.3 Å². The molecule has 144 valence electrons. The fourth-order valence-electron chi connectivity index (χ4n) is 2.07. The van der Waals surface area contributed by atoms with Crippen molar-refractivity contribution in [2.75, 3.05) is 12.0 Å². The van der Waals surface area contributed by atoms with Crippen LogP contribution < -0.4 is 16.2 Å². The molecule has 5 nitrogen and oxygen atoms in total. The first kappa shape index (κ1) is 20.1. The number of halogens is 5. The van der Waals surface area contributed by atoms with E-state index in [1.165, 1.54) is 0 Å². The molecule has 0 unspecified atom stereocenters. The number of hydrogen-bond donors (Lipinski definition) is 3. The van der Waals surface area contributed by atoms with Crippen molar-refractivity contribution in [1.29, 1.82) is 0 Å². The molecule has 0 aliphatic heterocycles. The number of nitrogens with one attached hydrogen (secondary N) is 3. The molecule has 0 atom stereocenters. The lowest BCUT2D eigenvalue weighted by Gasteiger charge is -2.12. The number of amides is 2. The van der Waals surface area contributed by atoms with Crippen molar-refractivity contribution in [3.63, 3.8) is 0 Å². The average molecular weight is 387 g/mol. The van der Waals surface area contributed by atoms with Crippen molar-refractivity contribution in [3.05, 3.63) is 65.0 Å². The molecule has 27 heavy (non-hydrogen) atoms. The highest BCUT2D eigenvalue weighted by atomic mass is 19.2. The minimum absolute atomic E-state index is 0.0870. The zero-order valence-electron chi connectivity index (χ0n) is 13.7. The van der Waals surface area contributed by atoms with Gasteiger partial charge in [-0.25, -0.2) is 22.0 Å². The normalized spacial score (nSPS) is 10.4. The first-order valence-electron chi connectivity index (χ1n) is 7.68. The molecule has 3 N–H and O–H groups in total. The fraction of sp³-hybridized carbons (Fsp3) is 0.176. The predicted molar refractivity (Wildman–Crippen MR) is 85.8 cm³/mol. The number of hydrogen-bond acceptors (Lipinski definition) is 3. The smallest absolute Gasteiger partial charge is 0.240 e. The van der Waals surface area contributed by atoms with Gasteiger partial charge in [0.15, 0.2) is 23.3 Å². The van der Waals surface area contributed by atoms with E-state index in [0.29, 0.717) is 0 Å². The Morgan fingerprint density at radius 1 is 0.778 bits per heavy atom. The highest BCUT2D eigenvalue weighted by molar-refractivity contribution is 5.81. The Labute approximate surface area is 150 Å². The van der Waals surface area contributed by atoms with Gasteiger partial charge in [0.2, 0.25) is 17.6 Å². The summed E-state index contributed by atoms with van der Waals surface area (Å²) in [6, 6.07) is 8.83. The molecule has 0 saturated carbocycles. The first-order chi connectivity index (χ1) is 12.8. The standard InChI is InChI=1S/C17H14F5N3O2/c18-12-13(19)15(21)17(16(22)14(12)20)25-24-10(26)6-7-23-11(27)8-9-4-2-1-3-5-9/h1-5,25H,6-8H2,(H,23,27)(H,24,26). The summed E-state index contributed by atoms with van der Waals surface area (Å²) in [5.74, 6) is -12.0. The third-order valence-electron chi connectivity index (χ3n) is 3.42. The number of hydrazine groups is 1. The van der Waals surface area contributed by atoms with Gasteiger partial charge in [-0.3, -0.25) is 20.4 Å². The van der Waals surface area contributed by atoms with Crippen molar-refractivity contribution < 1.29 is 31.5 Å². The van der Waals surface area contributed by atoms with Crippen LogP contribution in [0.4, 0.5) is 27.6 Å². The maximum absolute atomic E-state index is 13.4. The van der Waals surface area contributed by atoms with E-state index in [1.807, 2.05) is 0 Å². The molecule has 0 heterocycles. The minimum atomic E-state index is -2.30. The number of rotatable bonds is 7. The molecule has 0 radical (unpaired) electrons. The molecule has 2 rings (SSSR count). The SMILES string of the molecule is O=C(Cc1ccccc1)NCCC(=O)NNc1c(F)c(F)c(F)c(F)c1F. The summed E-state index contributed by atoms with van der Waals surface area (Å²) in [5.41, 5.74) is 2.85. The van der Waals surface area contributed by atoms with Crippen LogP contribution in [0.3, 0.4) is 0 Å². The van der Waals surface area contributed by atoms with Crippen LogP contribution in [-0.4, -0.2) is 18.4 Å². The lowest BCUT2D eigenvalue weighted by Crippen LogP contribution is -2.34. The van der Waals surface area contributed by atoms with E-state index in [1.54, 1.807) is 41.2 Å². The molecule has 0 saturated heterocycles. The zero-order chi connectivity index (χ0) is 20.0. The van der Waals surface area contributed by atoms with Crippen molar-refractivity contribution in [3.8, 4) is 0 Å². The van der Waals surface area contributed by atoms with Crippen molar-refractivity contribution >= 4 is 17.5 Å². The molecule has 2 aromatic carbocycles. The lowest BCUT2D eigenvalue weighted by atomic mass is 10.1. The predicted octanol–water partition coefficient (Wildman–Crippen LogP) is 2.57. The molecule has 10 heteroatoms. The van der Waals surface area contributed by atoms with Crippen molar-refractivity contribution in [1.82, 2.24) is 10.7 Å². The second-order valence-electron chi connectivity index (χ2n) is 5.38. The van der Waals surface area contributed by atoms with Gasteiger partial charge in [-0.05, 0) is 5.56 Å². The molecule has 0 spiro atoms. The Bertz CT molecular complexity index is 817. The number of carbonyl (C=O) groups is 2. The van der Waals surface area contributed by atoms with Gasteiger partial charge in [-0.2, -0.15) is 0 Å². The van der Waals surface area contributed by atoms with Gasteiger partial charge >= 0.3 is 0 Å². The van der Waals surface area contributed by atoms with Crippen LogP contribution in [0.25, 0.3) is 0 Å². The molecule has 2 amide bonds. The largest absolute Gasteiger partial charge is 0.355 e. The van der Waals surface area contributed by atoms with Crippen molar-refractivity contribution in [2.24, 2.45) is 0 Å². The summed E-state index contributed by atoms with van der Waals surface area (Å²) in [5, 5.41) is 2.46. The summed E-state index contributed by atoms with van der Waals surface area (Å²) in [7, 11) is 0. The van der Waals surface area contributed by atoms with Gasteiger partial charge in [-0.1, -0.05) is 30.3 Å². The summed E-state index contributed by atoms with van der Waals surface area (Å²) >= 11 is 0. The molecule has 0 aromatic heterocycles. The van der Waals surface area contributed by atoms with Crippen LogP contribution in [0.1, 0.15) is 12.0 Å².